The molecule has 0 aromatic rings. The first-order valence-corrected chi connectivity index (χ1v) is 12.4. The Morgan fingerprint density at radius 2 is 1.18 bits per heavy atom. The molecule has 0 heterocycles. The lowest BCUT2D eigenvalue weighted by Crippen LogP contribution is -2.35. The normalized spacial score (nSPS) is 11.3. The SMILES string of the molecule is CCCCCCCCCCCCCNC(=O)CCN(CCN)CCCCCC. The molecule has 1 amide bonds. The second-order valence-electron chi connectivity index (χ2n) is 8.33. The van der Waals surface area contributed by atoms with Crippen LogP contribution in [0.15, 0.2) is 0 Å². The summed E-state index contributed by atoms with van der Waals surface area (Å²) in [5.41, 5.74) is 5.71. The molecule has 0 unspecified atom stereocenters. The number of amides is 1. The van der Waals surface area contributed by atoms with E-state index < -0.39 is 0 Å². The lowest BCUT2D eigenvalue weighted by atomic mass is 10.1. The van der Waals surface area contributed by atoms with E-state index in [0.29, 0.717) is 13.0 Å². The summed E-state index contributed by atoms with van der Waals surface area (Å²) in [5.74, 6) is 0.197. The maximum atomic E-state index is 12.0. The average molecular weight is 398 g/mol. The van der Waals surface area contributed by atoms with Gasteiger partial charge in [-0.1, -0.05) is 97.3 Å². The second kappa shape index (κ2) is 22.7. The number of nitrogens with two attached hydrogens (primary N) is 1. The van der Waals surface area contributed by atoms with Gasteiger partial charge in [0.05, 0.1) is 0 Å². The Balaban J connectivity index is 3.47. The molecule has 0 rings (SSSR count). The van der Waals surface area contributed by atoms with Crippen LogP contribution in [-0.4, -0.2) is 43.5 Å². The number of hydrogen-bond donors (Lipinski definition) is 2. The molecule has 0 spiro atoms. The van der Waals surface area contributed by atoms with Crippen LogP contribution in [0.5, 0.6) is 0 Å². The molecule has 168 valence electrons. The van der Waals surface area contributed by atoms with Crippen LogP contribution in [0.4, 0.5) is 0 Å². The largest absolute Gasteiger partial charge is 0.356 e. The van der Waals surface area contributed by atoms with Crippen molar-refractivity contribution in [3.05, 3.63) is 0 Å². The van der Waals surface area contributed by atoms with Gasteiger partial charge in [-0.3, -0.25) is 4.79 Å². The van der Waals surface area contributed by atoms with Crippen LogP contribution in [0.25, 0.3) is 0 Å². The quantitative estimate of drug-likeness (QED) is 0.232. The molecular weight excluding hydrogens is 346 g/mol. The van der Waals surface area contributed by atoms with Crippen molar-refractivity contribution >= 4 is 5.91 Å². The van der Waals surface area contributed by atoms with E-state index in [9.17, 15) is 4.79 Å². The predicted octanol–water partition coefficient (Wildman–Crippen LogP) is 5.64. The maximum Gasteiger partial charge on any atom is 0.221 e. The Kier molecular flexibility index (Phi) is 22.2. The lowest BCUT2D eigenvalue weighted by Gasteiger charge is -2.21. The first kappa shape index (κ1) is 27.4. The average Bonchev–Trinajstić information content (AvgIpc) is 2.70. The van der Waals surface area contributed by atoms with Crippen LogP contribution >= 0.6 is 0 Å². The van der Waals surface area contributed by atoms with Crippen LogP contribution in [-0.2, 0) is 4.79 Å². The minimum atomic E-state index is 0.197. The number of hydrogen-bond acceptors (Lipinski definition) is 3. The van der Waals surface area contributed by atoms with Gasteiger partial charge in [-0.05, 0) is 19.4 Å². The van der Waals surface area contributed by atoms with Crippen molar-refractivity contribution in [2.45, 2.75) is 117 Å². The number of nitrogens with zero attached hydrogens (tertiary/aromatic N) is 1. The minimum Gasteiger partial charge on any atom is -0.356 e. The van der Waals surface area contributed by atoms with Crippen LogP contribution < -0.4 is 11.1 Å². The van der Waals surface area contributed by atoms with Gasteiger partial charge in [0.15, 0.2) is 0 Å². The smallest absolute Gasteiger partial charge is 0.221 e. The number of unbranched alkanes of at least 4 members (excludes halogenated alkanes) is 13. The van der Waals surface area contributed by atoms with Crippen LogP contribution in [0.3, 0.4) is 0 Å². The molecule has 4 nitrogen and oxygen atoms in total. The van der Waals surface area contributed by atoms with Crippen molar-refractivity contribution < 1.29 is 4.79 Å². The standard InChI is InChI=1S/C24H51N3O/c1-3-5-7-9-10-11-12-13-14-15-16-20-26-24(28)18-22-27(23-19-25)21-17-8-6-4-2/h3-23,25H2,1-2H3,(H,26,28). The molecular formula is C24H51N3O. The van der Waals surface area contributed by atoms with E-state index in [2.05, 4.69) is 24.1 Å². The van der Waals surface area contributed by atoms with Crippen LogP contribution in [0, 0.1) is 0 Å². The highest BCUT2D eigenvalue weighted by Crippen LogP contribution is 2.11. The van der Waals surface area contributed by atoms with E-state index >= 15 is 0 Å². The third-order valence-corrected chi connectivity index (χ3v) is 5.53. The van der Waals surface area contributed by atoms with Crippen molar-refractivity contribution in [3.63, 3.8) is 0 Å². The summed E-state index contributed by atoms with van der Waals surface area (Å²) >= 11 is 0. The zero-order chi connectivity index (χ0) is 20.7. The number of rotatable bonds is 22. The molecule has 28 heavy (non-hydrogen) atoms. The van der Waals surface area contributed by atoms with Crippen LogP contribution in [0.1, 0.15) is 117 Å². The van der Waals surface area contributed by atoms with Gasteiger partial charge in [0.1, 0.15) is 0 Å². The third-order valence-electron chi connectivity index (χ3n) is 5.53. The Morgan fingerprint density at radius 1 is 0.679 bits per heavy atom. The van der Waals surface area contributed by atoms with Gasteiger partial charge in [0, 0.05) is 32.6 Å². The van der Waals surface area contributed by atoms with E-state index in [-0.39, 0.29) is 5.91 Å². The molecule has 0 aromatic carbocycles. The minimum absolute atomic E-state index is 0.197. The summed E-state index contributed by atoms with van der Waals surface area (Å²) in [7, 11) is 0. The number of nitrogens with one attached hydrogen (secondary N) is 1. The summed E-state index contributed by atoms with van der Waals surface area (Å²) in [6.07, 6.45) is 20.5. The van der Waals surface area contributed by atoms with E-state index in [1.807, 2.05) is 0 Å². The molecule has 0 bridgehead atoms. The molecule has 0 fully saturated rings. The fourth-order valence-electron chi connectivity index (χ4n) is 3.65. The van der Waals surface area contributed by atoms with Gasteiger partial charge < -0.3 is 16.0 Å². The molecule has 4 heteroatoms. The number of carbonyl (C=O) groups excluding carboxylic acids is 1. The molecule has 3 N–H and O–H groups in total. The summed E-state index contributed by atoms with van der Waals surface area (Å²) in [6.45, 7) is 8.83. The molecule has 0 atom stereocenters. The van der Waals surface area contributed by atoms with Gasteiger partial charge in [-0.25, -0.2) is 0 Å². The summed E-state index contributed by atoms with van der Waals surface area (Å²) < 4.78 is 0. The lowest BCUT2D eigenvalue weighted by molar-refractivity contribution is -0.121. The zero-order valence-electron chi connectivity index (χ0n) is 19.3. The first-order valence-electron chi connectivity index (χ1n) is 12.4. The van der Waals surface area contributed by atoms with Gasteiger partial charge >= 0.3 is 0 Å². The van der Waals surface area contributed by atoms with E-state index in [4.69, 9.17) is 5.73 Å². The molecule has 0 aliphatic carbocycles. The molecule has 0 aliphatic rings. The van der Waals surface area contributed by atoms with E-state index in [1.165, 1.54) is 89.9 Å². The van der Waals surface area contributed by atoms with Gasteiger partial charge in [0.25, 0.3) is 0 Å². The highest BCUT2D eigenvalue weighted by Gasteiger charge is 2.07. The third kappa shape index (κ3) is 20.1. The summed E-state index contributed by atoms with van der Waals surface area (Å²) in [4.78, 5) is 14.4. The predicted molar refractivity (Wildman–Crippen MR) is 124 cm³/mol. The Morgan fingerprint density at radius 3 is 1.71 bits per heavy atom. The van der Waals surface area contributed by atoms with Gasteiger partial charge in [-0.2, -0.15) is 0 Å². The first-order chi connectivity index (χ1) is 13.7. The second-order valence-corrected chi connectivity index (χ2v) is 8.33. The Hall–Kier alpha value is -0.610. The Labute approximate surface area is 176 Å². The molecule has 0 saturated carbocycles. The van der Waals surface area contributed by atoms with Gasteiger partial charge in [-0.15, -0.1) is 0 Å². The van der Waals surface area contributed by atoms with Crippen molar-refractivity contribution in [1.82, 2.24) is 10.2 Å². The topological polar surface area (TPSA) is 58.4 Å². The molecule has 0 radical (unpaired) electrons. The highest BCUT2D eigenvalue weighted by atomic mass is 16.1. The molecule has 0 saturated heterocycles. The summed E-state index contributed by atoms with van der Waals surface area (Å²) in [6, 6.07) is 0. The number of carbonyl (C=O) groups is 1. The fraction of sp³-hybridized carbons (Fsp3) is 0.958. The van der Waals surface area contributed by atoms with E-state index in [1.54, 1.807) is 0 Å². The van der Waals surface area contributed by atoms with Gasteiger partial charge in [0.2, 0.25) is 5.91 Å². The monoisotopic (exact) mass is 397 g/mol. The Bertz CT molecular complexity index is 323. The molecule has 0 aromatic heterocycles. The van der Waals surface area contributed by atoms with Crippen molar-refractivity contribution in [1.29, 1.82) is 0 Å². The molecule has 0 aliphatic heterocycles. The highest BCUT2D eigenvalue weighted by molar-refractivity contribution is 5.75. The van der Waals surface area contributed by atoms with E-state index in [0.717, 1.165) is 32.6 Å². The maximum absolute atomic E-state index is 12.0. The van der Waals surface area contributed by atoms with Crippen molar-refractivity contribution in [3.8, 4) is 0 Å². The summed E-state index contributed by atoms with van der Waals surface area (Å²) in [5, 5.41) is 3.09. The fourth-order valence-corrected chi connectivity index (χ4v) is 3.65. The van der Waals surface area contributed by atoms with Crippen molar-refractivity contribution in [2.24, 2.45) is 5.73 Å². The zero-order valence-corrected chi connectivity index (χ0v) is 19.3. The van der Waals surface area contributed by atoms with Crippen molar-refractivity contribution in [2.75, 3.05) is 32.7 Å². The van der Waals surface area contributed by atoms with Crippen LogP contribution in [0.2, 0.25) is 0 Å².